The van der Waals surface area contributed by atoms with Crippen LogP contribution in [0, 0.1) is 5.92 Å². The molecule has 0 unspecified atom stereocenters. The third-order valence-electron chi connectivity index (χ3n) is 6.99. The Balaban J connectivity index is 1.55. The lowest BCUT2D eigenvalue weighted by Crippen LogP contribution is -2.54. The highest BCUT2D eigenvalue weighted by Crippen LogP contribution is 2.41. The highest BCUT2D eigenvalue weighted by Gasteiger charge is 2.55. The molecule has 7 heteroatoms. The maximum atomic E-state index is 13.3. The lowest BCUT2D eigenvalue weighted by Gasteiger charge is -2.37. The average molecular weight is 402 g/mol. The van der Waals surface area contributed by atoms with Crippen molar-refractivity contribution in [3.63, 3.8) is 0 Å². The minimum Gasteiger partial charge on any atom is -0.497 e. The molecule has 3 aliphatic rings. The number of imide groups is 1. The van der Waals surface area contributed by atoms with Crippen LogP contribution in [0.25, 0.3) is 0 Å². The zero-order valence-electron chi connectivity index (χ0n) is 17.6. The van der Waals surface area contributed by atoms with Crippen molar-refractivity contribution in [2.75, 3.05) is 27.4 Å². The van der Waals surface area contributed by atoms with Crippen molar-refractivity contribution in [2.24, 2.45) is 5.92 Å². The Morgan fingerprint density at radius 2 is 1.97 bits per heavy atom. The molecule has 1 N–H and O–H groups in total. The number of hydrogen-bond acceptors (Lipinski definition) is 5. The van der Waals surface area contributed by atoms with E-state index >= 15 is 0 Å². The molecule has 3 fully saturated rings. The first-order chi connectivity index (χ1) is 14.0. The second kappa shape index (κ2) is 7.86. The van der Waals surface area contributed by atoms with Crippen LogP contribution in [0.4, 0.5) is 4.79 Å². The van der Waals surface area contributed by atoms with Gasteiger partial charge in [0.25, 0.3) is 5.91 Å². The lowest BCUT2D eigenvalue weighted by atomic mass is 9.73. The highest BCUT2D eigenvalue weighted by molar-refractivity contribution is 6.07. The van der Waals surface area contributed by atoms with E-state index in [4.69, 9.17) is 9.47 Å². The van der Waals surface area contributed by atoms with Gasteiger partial charge in [-0.1, -0.05) is 25.8 Å². The number of rotatable bonds is 5. The minimum atomic E-state index is -0.706. The number of likely N-dealkylation sites (tertiary alicyclic amines) is 1. The summed E-state index contributed by atoms with van der Waals surface area (Å²) in [7, 11) is 3.29. The van der Waals surface area contributed by atoms with Crippen LogP contribution in [-0.4, -0.2) is 54.7 Å². The fourth-order valence-corrected chi connectivity index (χ4v) is 5.25. The Kier molecular flexibility index (Phi) is 5.42. The predicted octanol–water partition coefficient (Wildman–Crippen LogP) is 3.30. The van der Waals surface area contributed by atoms with Gasteiger partial charge in [-0.15, -0.1) is 0 Å². The fraction of sp³-hybridized carbons (Fsp3) is 0.636. The third-order valence-corrected chi connectivity index (χ3v) is 6.99. The van der Waals surface area contributed by atoms with Gasteiger partial charge in [0, 0.05) is 24.2 Å². The molecule has 1 spiro atoms. The predicted molar refractivity (Wildman–Crippen MR) is 109 cm³/mol. The molecule has 29 heavy (non-hydrogen) atoms. The van der Waals surface area contributed by atoms with E-state index in [2.05, 4.69) is 17.1 Å². The monoisotopic (exact) mass is 401 g/mol. The Bertz CT molecular complexity index is 798. The lowest BCUT2D eigenvalue weighted by molar-refractivity contribution is -0.135. The summed E-state index contributed by atoms with van der Waals surface area (Å²) in [6.45, 7) is 3.25. The number of carbonyl (C=O) groups is 2. The van der Waals surface area contributed by atoms with Gasteiger partial charge in [0.1, 0.15) is 17.0 Å². The van der Waals surface area contributed by atoms with Crippen LogP contribution in [-0.2, 0) is 4.79 Å². The van der Waals surface area contributed by atoms with E-state index < -0.39 is 5.54 Å². The second-order valence-corrected chi connectivity index (χ2v) is 8.50. The first kappa shape index (κ1) is 20.0. The molecule has 2 heterocycles. The van der Waals surface area contributed by atoms with Gasteiger partial charge in [-0.25, -0.2) is 9.69 Å². The SMILES string of the molecule is COc1ccc([C@@H]2CCCN2CN2C(=O)N[C@@]3(CCCC[C@H]3C)C2=O)c(OC)c1. The highest BCUT2D eigenvalue weighted by atomic mass is 16.5. The molecule has 0 bridgehead atoms. The van der Waals surface area contributed by atoms with Crippen molar-refractivity contribution in [3.05, 3.63) is 23.8 Å². The van der Waals surface area contributed by atoms with Crippen LogP contribution in [0.1, 0.15) is 57.1 Å². The first-order valence-electron chi connectivity index (χ1n) is 10.6. The number of urea groups is 1. The Labute approximate surface area is 172 Å². The molecule has 2 aliphatic heterocycles. The molecular weight excluding hydrogens is 370 g/mol. The molecule has 158 valence electrons. The van der Waals surface area contributed by atoms with Gasteiger partial charge in [0.05, 0.1) is 20.9 Å². The number of benzene rings is 1. The van der Waals surface area contributed by atoms with Gasteiger partial charge in [-0.3, -0.25) is 9.69 Å². The summed E-state index contributed by atoms with van der Waals surface area (Å²) in [4.78, 5) is 29.7. The number of carbonyl (C=O) groups excluding carboxylic acids is 2. The zero-order valence-corrected chi connectivity index (χ0v) is 17.6. The quantitative estimate of drug-likeness (QED) is 0.767. The molecule has 1 aromatic carbocycles. The van der Waals surface area contributed by atoms with Crippen molar-refractivity contribution in [3.8, 4) is 11.5 Å². The van der Waals surface area contributed by atoms with Gasteiger partial charge >= 0.3 is 6.03 Å². The number of nitrogens with zero attached hydrogens (tertiary/aromatic N) is 2. The summed E-state index contributed by atoms with van der Waals surface area (Å²) >= 11 is 0. The normalized spacial score (nSPS) is 30.1. The van der Waals surface area contributed by atoms with Crippen molar-refractivity contribution in [2.45, 2.75) is 57.0 Å². The topological polar surface area (TPSA) is 71.1 Å². The molecule has 1 aliphatic carbocycles. The number of methoxy groups -OCH3 is 2. The van der Waals surface area contributed by atoms with E-state index in [-0.39, 0.29) is 23.9 Å². The standard InChI is InChI=1S/C22H31N3O4/c1-15-7-4-5-11-22(15)20(26)25(21(27)23-22)14-24-12-6-8-18(24)17-10-9-16(28-2)13-19(17)29-3/h9-10,13,15,18H,4-8,11-12,14H2,1-3H3,(H,23,27)/t15-,18+,22-/m1/s1. The Morgan fingerprint density at radius 3 is 2.69 bits per heavy atom. The average Bonchev–Trinajstić information content (AvgIpc) is 3.28. The van der Waals surface area contributed by atoms with Crippen LogP contribution < -0.4 is 14.8 Å². The summed E-state index contributed by atoms with van der Waals surface area (Å²) in [6, 6.07) is 5.70. The van der Waals surface area contributed by atoms with Crippen molar-refractivity contribution in [1.29, 1.82) is 0 Å². The summed E-state index contributed by atoms with van der Waals surface area (Å²) in [5.74, 6) is 1.64. The minimum absolute atomic E-state index is 0.0537. The first-order valence-corrected chi connectivity index (χ1v) is 10.6. The van der Waals surface area contributed by atoms with Crippen molar-refractivity contribution < 1.29 is 19.1 Å². The summed E-state index contributed by atoms with van der Waals surface area (Å²) in [5, 5.41) is 3.05. The maximum Gasteiger partial charge on any atom is 0.326 e. The van der Waals surface area contributed by atoms with Crippen molar-refractivity contribution in [1.82, 2.24) is 15.1 Å². The zero-order chi connectivity index (χ0) is 20.6. The second-order valence-electron chi connectivity index (χ2n) is 8.50. The van der Waals surface area contributed by atoms with E-state index in [1.54, 1.807) is 14.2 Å². The van der Waals surface area contributed by atoms with Crippen molar-refractivity contribution >= 4 is 11.9 Å². The summed E-state index contributed by atoms with van der Waals surface area (Å²) in [5.41, 5.74) is 0.362. The fourth-order valence-electron chi connectivity index (χ4n) is 5.25. The molecule has 2 saturated heterocycles. The number of hydrogen-bond donors (Lipinski definition) is 1. The molecule has 0 aromatic heterocycles. The van der Waals surface area contributed by atoms with Crippen LogP contribution in [0.15, 0.2) is 18.2 Å². The van der Waals surface area contributed by atoms with Gasteiger partial charge < -0.3 is 14.8 Å². The Morgan fingerprint density at radius 1 is 1.14 bits per heavy atom. The Hall–Kier alpha value is -2.28. The third kappa shape index (κ3) is 3.35. The van der Waals surface area contributed by atoms with E-state index in [9.17, 15) is 9.59 Å². The molecule has 1 saturated carbocycles. The van der Waals surface area contributed by atoms with Gasteiger partial charge in [-0.2, -0.15) is 0 Å². The molecule has 4 rings (SSSR count). The van der Waals surface area contributed by atoms with E-state index in [1.807, 2.05) is 18.2 Å². The summed E-state index contributed by atoms with van der Waals surface area (Å²) < 4.78 is 10.9. The van der Waals surface area contributed by atoms with Gasteiger partial charge in [-0.05, 0) is 37.7 Å². The van der Waals surface area contributed by atoms with E-state index in [0.29, 0.717) is 6.67 Å². The molecule has 1 aromatic rings. The molecule has 0 radical (unpaired) electrons. The largest absolute Gasteiger partial charge is 0.497 e. The van der Waals surface area contributed by atoms with E-state index in [0.717, 1.165) is 62.1 Å². The van der Waals surface area contributed by atoms with Crippen LogP contribution in [0.5, 0.6) is 11.5 Å². The molecule has 3 amide bonds. The molecule has 7 nitrogen and oxygen atoms in total. The van der Waals surface area contributed by atoms with E-state index in [1.165, 1.54) is 4.90 Å². The van der Waals surface area contributed by atoms with Crippen LogP contribution in [0.3, 0.4) is 0 Å². The van der Waals surface area contributed by atoms with Crippen LogP contribution >= 0.6 is 0 Å². The molecule has 3 atom stereocenters. The number of ether oxygens (including phenoxy) is 2. The number of amides is 3. The number of nitrogens with one attached hydrogen (secondary N) is 1. The van der Waals surface area contributed by atoms with Crippen LogP contribution in [0.2, 0.25) is 0 Å². The maximum absolute atomic E-state index is 13.3. The molecular formula is C22H31N3O4. The van der Waals surface area contributed by atoms with Gasteiger partial charge in [0.15, 0.2) is 0 Å². The summed E-state index contributed by atoms with van der Waals surface area (Å²) in [6.07, 6.45) is 5.82. The van der Waals surface area contributed by atoms with Gasteiger partial charge in [0.2, 0.25) is 0 Å². The smallest absolute Gasteiger partial charge is 0.326 e.